The molecule has 1 N–H and O–H groups in total. The highest BCUT2D eigenvalue weighted by Crippen LogP contribution is 2.51. The van der Waals surface area contributed by atoms with Crippen LogP contribution in [-0.4, -0.2) is 36.0 Å². The lowest BCUT2D eigenvalue weighted by Gasteiger charge is -2.40. The van der Waals surface area contributed by atoms with Crippen molar-refractivity contribution in [3.8, 4) is 0 Å². The molecule has 1 aliphatic carbocycles. The molecule has 4 rings (SSSR count). The van der Waals surface area contributed by atoms with Gasteiger partial charge in [0.05, 0.1) is 6.10 Å². The van der Waals surface area contributed by atoms with Gasteiger partial charge in [0, 0.05) is 31.8 Å². The SMILES string of the molecule is COC1CC2(CCN(C(=O)c3ccc[nH]3)CC2)c2ccccc21. The zero-order chi connectivity index (χ0) is 15.9. The highest BCUT2D eigenvalue weighted by molar-refractivity contribution is 5.92. The van der Waals surface area contributed by atoms with Crippen LogP contribution in [0.25, 0.3) is 0 Å². The van der Waals surface area contributed by atoms with Crippen molar-refractivity contribution < 1.29 is 9.53 Å². The van der Waals surface area contributed by atoms with Gasteiger partial charge in [-0.3, -0.25) is 4.79 Å². The summed E-state index contributed by atoms with van der Waals surface area (Å²) < 4.78 is 5.71. The molecule has 1 atom stereocenters. The lowest BCUT2D eigenvalue weighted by atomic mass is 9.73. The molecule has 0 saturated carbocycles. The molecule has 0 radical (unpaired) electrons. The molecule has 23 heavy (non-hydrogen) atoms. The topological polar surface area (TPSA) is 45.3 Å². The Morgan fingerprint density at radius 1 is 1.22 bits per heavy atom. The molecule has 1 aliphatic heterocycles. The number of piperidine rings is 1. The molecule has 1 aromatic heterocycles. The number of likely N-dealkylation sites (tertiary alicyclic amines) is 1. The fourth-order valence-corrected chi connectivity index (χ4v) is 4.29. The van der Waals surface area contributed by atoms with Crippen molar-refractivity contribution in [1.82, 2.24) is 9.88 Å². The average Bonchev–Trinajstić information content (AvgIpc) is 3.23. The van der Waals surface area contributed by atoms with E-state index in [1.54, 1.807) is 13.3 Å². The second-order valence-corrected chi connectivity index (χ2v) is 6.67. The second kappa shape index (κ2) is 5.53. The maximum atomic E-state index is 12.5. The minimum Gasteiger partial charge on any atom is -0.377 e. The Morgan fingerprint density at radius 2 is 2.00 bits per heavy atom. The van der Waals surface area contributed by atoms with Gasteiger partial charge in [-0.1, -0.05) is 24.3 Å². The number of H-pyrrole nitrogens is 1. The van der Waals surface area contributed by atoms with Gasteiger partial charge in [0.25, 0.3) is 5.91 Å². The minimum absolute atomic E-state index is 0.111. The molecule has 0 bridgehead atoms. The quantitative estimate of drug-likeness (QED) is 0.925. The largest absolute Gasteiger partial charge is 0.377 e. The van der Waals surface area contributed by atoms with Crippen LogP contribution in [0.2, 0.25) is 0 Å². The third-order valence-electron chi connectivity index (χ3n) is 5.58. The Bertz CT molecular complexity index is 700. The standard InChI is InChI=1S/C19H22N2O2/c1-23-17-13-19(15-6-3-2-5-14(15)17)8-11-21(12-9-19)18(22)16-7-4-10-20-16/h2-7,10,17,20H,8-9,11-13H2,1H3. The van der Waals surface area contributed by atoms with Gasteiger partial charge in [0.1, 0.15) is 5.69 Å². The summed E-state index contributed by atoms with van der Waals surface area (Å²) >= 11 is 0. The summed E-state index contributed by atoms with van der Waals surface area (Å²) in [5, 5.41) is 0. The van der Waals surface area contributed by atoms with Gasteiger partial charge >= 0.3 is 0 Å². The fraction of sp³-hybridized carbons (Fsp3) is 0.421. The summed E-state index contributed by atoms with van der Waals surface area (Å²) in [6, 6.07) is 12.4. The van der Waals surface area contributed by atoms with E-state index < -0.39 is 0 Å². The number of methoxy groups -OCH3 is 1. The smallest absolute Gasteiger partial charge is 0.270 e. The first-order chi connectivity index (χ1) is 11.2. The molecule has 1 spiro atoms. The molecule has 120 valence electrons. The number of hydrogen-bond acceptors (Lipinski definition) is 2. The average molecular weight is 310 g/mol. The van der Waals surface area contributed by atoms with Crippen LogP contribution >= 0.6 is 0 Å². The van der Waals surface area contributed by atoms with E-state index in [0.29, 0.717) is 5.69 Å². The van der Waals surface area contributed by atoms with E-state index in [4.69, 9.17) is 4.74 Å². The van der Waals surface area contributed by atoms with E-state index in [2.05, 4.69) is 29.2 Å². The molecule has 4 nitrogen and oxygen atoms in total. The first kappa shape index (κ1) is 14.5. The molecule has 1 amide bonds. The van der Waals surface area contributed by atoms with Crippen LogP contribution in [0.15, 0.2) is 42.6 Å². The third-order valence-corrected chi connectivity index (χ3v) is 5.58. The van der Waals surface area contributed by atoms with Crippen LogP contribution in [0.3, 0.4) is 0 Å². The van der Waals surface area contributed by atoms with Crippen molar-refractivity contribution in [2.75, 3.05) is 20.2 Å². The van der Waals surface area contributed by atoms with Crippen molar-refractivity contribution in [3.05, 3.63) is 59.4 Å². The molecule has 1 unspecified atom stereocenters. The molecule has 2 heterocycles. The number of aromatic nitrogens is 1. The maximum Gasteiger partial charge on any atom is 0.270 e. The summed E-state index contributed by atoms with van der Waals surface area (Å²) in [5.74, 6) is 0.111. The predicted octanol–water partition coefficient (Wildman–Crippen LogP) is 3.28. The van der Waals surface area contributed by atoms with E-state index in [0.717, 1.165) is 32.4 Å². The van der Waals surface area contributed by atoms with E-state index in [1.165, 1.54) is 11.1 Å². The summed E-state index contributed by atoms with van der Waals surface area (Å²) in [6.07, 6.45) is 5.05. The Balaban J connectivity index is 1.55. The highest BCUT2D eigenvalue weighted by atomic mass is 16.5. The number of nitrogens with one attached hydrogen (secondary N) is 1. The van der Waals surface area contributed by atoms with Gasteiger partial charge in [0.2, 0.25) is 0 Å². The number of nitrogens with zero attached hydrogens (tertiary/aromatic N) is 1. The van der Waals surface area contributed by atoms with Gasteiger partial charge in [-0.05, 0) is 42.5 Å². The highest BCUT2D eigenvalue weighted by Gasteiger charge is 2.46. The van der Waals surface area contributed by atoms with E-state index >= 15 is 0 Å². The first-order valence-electron chi connectivity index (χ1n) is 8.28. The molecule has 1 saturated heterocycles. The number of hydrogen-bond donors (Lipinski definition) is 1. The van der Waals surface area contributed by atoms with Gasteiger partial charge in [0.15, 0.2) is 0 Å². The number of ether oxygens (including phenoxy) is 1. The number of carbonyl (C=O) groups is 1. The summed E-state index contributed by atoms with van der Waals surface area (Å²) in [5.41, 5.74) is 3.62. The number of aromatic amines is 1. The summed E-state index contributed by atoms with van der Waals surface area (Å²) in [6.45, 7) is 1.62. The molecule has 4 heteroatoms. The van der Waals surface area contributed by atoms with Crippen LogP contribution < -0.4 is 0 Å². The maximum absolute atomic E-state index is 12.5. The van der Waals surface area contributed by atoms with Gasteiger partial charge < -0.3 is 14.6 Å². The Hall–Kier alpha value is -2.07. The van der Waals surface area contributed by atoms with Crippen molar-refractivity contribution in [3.63, 3.8) is 0 Å². The van der Waals surface area contributed by atoms with Crippen molar-refractivity contribution >= 4 is 5.91 Å². The minimum atomic E-state index is 0.111. The molecular formula is C19H22N2O2. The molecule has 2 aromatic rings. The monoisotopic (exact) mass is 310 g/mol. The molecule has 2 aliphatic rings. The third kappa shape index (κ3) is 2.29. The Labute approximate surface area is 136 Å². The van der Waals surface area contributed by atoms with Gasteiger partial charge in [-0.15, -0.1) is 0 Å². The number of benzene rings is 1. The lowest BCUT2D eigenvalue weighted by Crippen LogP contribution is -2.44. The zero-order valence-corrected chi connectivity index (χ0v) is 13.4. The van der Waals surface area contributed by atoms with Crippen LogP contribution in [0.1, 0.15) is 47.0 Å². The Kier molecular flexibility index (Phi) is 3.49. The normalized spacial score (nSPS) is 22.3. The number of rotatable bonds is 2. The van der Waals surface area contributed by atoms with Crippen LogP contribution in [0, 0.1) is 0 Å². The number of amides is 1. The Morgan fingerprint density at radius 3 is 2.70 bits per heavy atom. The van der Waals surface area contributed by atoms with E-state index in [-0.39, 0.29) is 17.4 Å². The second-order valence-electron chi connectivity index (χ2n) is 6.67. The lowest BCUT2D eigenvalue weighted by molar-refractivity contribution is 0.0555. The van der Waals surface area contributed by atoms with Crippen molar-refractivity contribution in [1.29, 1.82) is 0 Å². The van der Waals surface area contributed by atoms with Crippen molar-refractivity contribution in [2.45, 2.75) is 30.8 Å². The van der Waals surface area contributed by atoms with Gasteiger partial charge in [-0.2, -0.15) is 0 Å². The van der Waals surface area contributed by atoms with Gasteiger partial charge in [-0.25, -0.2) is 0 Å². The van der Waals surface area contributed by atoms with Crippen molar-refractivity contribution in [2.24, 2.45) is 0 Å². The number of fused-ring (bicyclic) bond motifs is 2. The first-order valence-corrected chi connectivity index (χ1v) is 8.28. The molecule has 1 aromatic carbocycles. The van der Waals surface area contributed by atoms with E-state index in [1.807, 2.05) is 17.0 Å². The molecular weight excluding hydrogens is 288 g/mol. The van der Waals surface area contributed by atoms with Crippen LogP contribution in [-0.2, 0) is 10.2 Å². The fourth-order valence-electron chi connectivity index (χ4n) is 4.29. The van der Waals surface area contributed by atoms with Crippen LogP contribution in [0.5, 0.6) is 0 Å². The zero-order valence-electron chi connectivity index (χ0n) is 13.4. The van der Waals surface area contributed by atoms with E-state index in [9.17, 15) is 4.79 Å². The summed E-state index contributed by atoms with van der Waals surface area (Å²) in [7, 11) is 1.80. The van der Waals surface area contributed by atoms with Crippen LogP contribution in [0.4, 0.5) is 0 Å². The molecule has 1 fully saturated rings. The summed E-state index contributed by atoms with van der Waals surface area (Å²) in [4.78, 5) is 17.5. The predicted molar refractivity (Wildman–Crippen MR) is 88.4 cm³/mol. The number of carbonyl (C=O) groups excluding carboxylic acids is 1.